The molecule has 0 saturated heterocycles. The van der Waals surface area contributed by atoms with Crippen molar-refractivity contribution in [2.75, 3.05) is 7.11 Å². The Kier molecular flexibility index (Phi) is 3.17. The highest BCUT2D eigenvalue weighted by Gasteiger charge is 2.19. The molecule has 0 aliphatic rings. The fourth-order valence-electron chi connectivity index (χ4n) is 1.08. The van der Waals surface area contributed by atoms with Crippen LogP contribution in [0.15, 0.2) is 12.1 Å². The predicted octanol–water partition coefficient (Wildman–Crippen LogP) is 3.15. The van der Waals surface area contributed by atoms with Gasteiger partial charge in [-0.25, -0.2) is 0 Å². The first kappa shape index (κ1) is 11.8. The molecule has 0 radical (unpaired) electrons. The average Bonchev–Trinajstić information content (AvgIpc) is 2.11. The zero-order chi connectivity index (χ0) is 11.6. The molecule has 0 saturated carbocycles. The molecule has 1 aromatic carbocycles. The molecule has 0 aromatic heterocycles. The van der Waals surface area contributed by atoms with Crippen molar-refractivity contribution in [2.24, 2.45) is 0 Å². The van der Waals surface area contributed by atoms with E-state index in [2.05, 4.69) is 4.74 Å². The zero-order valence-electron chi connectivity index (χ0n) is 9.23. The summed E-state index contributed by atoms with van der Waals surface area (Å²) in [6.45, 7) is 5.28. The molecule has 0 aliphatic carbocycles. The molecule has 1 rings (SSSR count). The molecule has 0 heterocycles. The monoisotopic (exact) mass is 216 g/mol. The summed E-state index contributed by atoms with van der Waals surface area (Å²) in [4.78, 5) is 0. The molecule has 0 unspecified atom stereocenters. The molecule has 2 nitrogen and oxygen atoms in total. The molecule has 0 N–H and O–H groups in total. The molecule has 0 fully saturated rings. The van der Waals surface area contributed by atoms with Crippen molar-refractivity contribution < 1.29 is 18.3 Å². The topological polar surface area (TPSA) is 18.5 Å². The smallest absolute Gasteiger partial charge is 0.204 e. The van der Waals surface area contributed by atoms with Gasteiger partial charge in [-0.3, -0.25) is 0 Å². The minimum absolute atomic E-state index is 0.110. The van der Waals surface area contributed by atoms with Crippen LogP contribution in [0.1, 0.15) is 20.8 Å². The standard InChI is InChI=1S/C11H14F2O2/c1-11(2,3)15-8-6-5-7(14-4)9(12)10(8)13/h5-6H,1-4H3. The van der Waals surface area contributed by atoms with Gasteiger partial charge in [0.05, 0.1) is 7.11 Å². The van der Waals surface area contributed by atoms with Crippen LogP contribution < -0.4 is 9.47 Å². The summed E-state index contributed by atoms with van der Waals surface area (Å²) in [6.07, 6.45) is 0. The van der Waals surface area contributed by atoms with E-state index in [1.165, 1.54) is 19.2 Å². The third kappa shape index (κ3) is 2.81. The Morgan fingerprint density at radius 1 is 1.00 bits per heavy atom. The van der Waals surface area contributed by atoms with Crippen molar-refractivity contribution in [2.45, 2.75) is 26.4 Å². The van der Waals surface area contributed by atoms with Gasteiger partial charge in [0.2, 0.25) is 11.6 Å². The van der Waals surface area contributed by atoms with Crippen LogP contribution in [0.25, 0.3) is 0 Å². The second kappa shape index (κ2) is 4.04. The van der Waals surface area contributed by atoms with Gasteiger partial charge in [0, 0.05) is 0 Å². The Balaban J connectivity index is 3.07. The van der Waals surface area contributed by atoms with Crippen LogP contribution in [0, 0.1) is 11.6 Å². The van der Waals surface area contributed by atoms with E-state index in [1.54, 1.807) is 20.8 Å². The minimum atomic E-state index is -1.03. The zero-order valence-corrected chi connectivity index (χ0v) is 9.23. The second-order valence-electron chi connectivity index (χ2n) is 4.11. The third-order valence-corrected chi connectivity index (χ3v) is 1.65. The maximum Gasteiger partial charge on any atom is 0.204 e. The SMILES string of the molecule is COc1ccc(OC(C)(C)C)c(F)c1F. The van der Waals surface area contributed by atoms with Gasteiger partial charge in [0.25, 0.3) is 0 Å². The van der Waals surface area contributed by atoms with Gasteiger partial charge in [-0.15, -0.1) is 0 Å². The summed E-state index contributed by atoms with van der Waals surface area (Å²) in [5.41, 5.74) is -0.568. The van der Waals surface area contributed by atoms with Crippen molar-refractivity contribution in [1.29, 1.82) is 0 Å². The van der Waals surface area contributed by atoms with E-state index in [4.69, 9.17) is 4.74 Å². The molecule has 84 valence electrons. The first-order valence-corrected chi connectivity index (χ1v) is 4.56. The largest absolute Gasteiger partial charge is 0.494 e. The highest BCUT2D eigenvalue weighted by atomic mass is 19.2. The van der Waals surface area contributed by atoms with Gasteiger partial charge in [0.1, 0.15) is 5.60 Å². The van der Waals surface area contributed by atoms with E-state index in [0.29, 0.717) is 0 Å². The van der Waals surface area contributed by atoms with E-state index >= 15 is 0 Å². The van der Waals surface area contributed by atoms with Crippen LogP contribution in [-0.2, 0) is 0 Å². The number of benzene rings is 1. The van der Waals surface area contributed by atoms with Crippen LogP contribution in [0.3, 0.4) is 0 Å². The molecule has 0 bridgehead atoms. The summed E-state index contributed by atoms with van der Waals surface area (Å²) in [5.74, 6) is -2.29. The number of halogens is 2. The normalized spacial score (nSPS) is 11.3. The lowest BCUT2D eigenvalue weighted by atomic mass is 10.2. The van der Waals surface area contributed by atoms with Crippen molar-refractivity contribution in [3.63, 3.8) is 0 Å². The molecule has 0 aliphatic heterocycles. The first-order valence-electron chi connectivity index (χ1n) is 4.56. The maximum absolute atomic E-state index is 13.4. The molecular formula is C11H14F2O2. The van der Waals surface area contributed by atoms with Crippen molar-refractivity contribution in [1.82, 2.24) is 0 Å². The molecule has 0 amide bonds. The van der Waals surface area contributed by atoms with Gasteiger partial charge in [0.15, 0.2) is 11.5 Å². The maximum atomic E-state index is 13.4. The summed E-state index contributed by atoms with van der Waals surface area (Å²) in [6, 6.07) is 2.68. The number of hydrogen-bond donors (Lipinski definition) is 0. The van der Waals surface area contributed by atoms with Crippen LogP contribution in [0.2, 0.25) is 0 Å². The molecule has 0 spiro atoms. The average molecular weight is 216 g/mol. The number of ether oxygens (including phenoxy) is 2. The van der Waals surface area contributed by atoms with Crippen LogP contribution in [-0.4, -0.2) is 12.7 Å². The highest BCUT2D eigenvalue weighted by molar-refractivity contribution is 5.35. The Bertz CT molecular complexity index is 356. The van der Waals surface area contributed by atoms with Crippen molar-refractivity contribution >= 4 is 0 Å². The van der Waals surface area contributed by atoms with Gasteiger partial charge >= 0.3 is 0 Å². The van der Waals surface area contributed by atoms with E-state index in [0.717, 1.165) is 0 Å². The van der Waals surface area contributed by atoms with E-state index in [9.17, 15) is 8.78 Å². The molecule has 4 heteroatoms. The first-order chi connectivity index (χ1) is 6.85. The third-order valence-electron chi connectivity index (χ3n) is 1.65. The Morgan fingerprint density at radius 3 is 1.93 bits per heavy atom. The second-order valence-corrected chi connectivity index (χ2v) is 4.11. The molecule has 0 atom stereocenters. The van der Waals surface area contributed by atoms with Gasteiger partial charge in [-0.05, 0) is 32.9 Å². The van der Waals surface area contributed by atoms with E-state index in [-0.39, 0.29) is 11.5 Å². The Labute approximate surface area is 87.8 Å². The van der Waals surface area contributed by atoms with E-state index < -0.39 is 17.2 Å². The number of methoxy groups -OCH3 is 1. The summed E-state index contributed by atoms with van der Waals surface area (Å²) in [5, 5.41) is 0. The quantitative estimate of drug-likeness (QED) is 0.756. The Morgan fingerprint density at radius 2 is 1.47 bits per heavy atom. The van der Waals surface area contributed by atoms with Gasteiger partial charge in [-0.1, -0.05) is 0 Å². The Hall–Kier alpha value is -1.32. The van der Waals surface area contributed by atoms with Gasteiger partial charge < -0.3 is 9.47 Å². The number of hydrogen-bond acceptors (Lipinski definition) is 2. The number of rotatable bonds is 2. The fourth-order valence-corrected chi connectivity index (χ4v) is 1.08. The molecule has 1 aromatic rings. The summed E-state index contributed by atoms with van der Waals surface area (Å²) in [7, 11) is 1.28. The lowest BCUT2D eigenvalue weighted by Crippen LogP contribution is -2.23. The van der Waals surface area contributed by atoms with Crippen molar-refractivity contribution in [3.8, 4) is 11.5 Å². The lowest BCUT2D eigenvalue weighted by Gasteiger charge is -2.21. The molecular weight excluding hydrogens is 202 g/mol. The van der Waals surface area contributed by atoms with Crippen LogP contribution in [0.4, 0.5) is 8.78 Å². The summed E-state index contributed by atoms with van der Waals surface area (Å²) < 4.78 is 36.5. The predicted molar refractivity (Wildman–Crippen MR) is 53.3 cm³/mol. The fraction of sp³-hybridized carbons (Fsp3) is 0.455. The minimum Gasteiger partial charge on any atom is -0.494 e. The highest BCUT2D eigenvalue weighted by Crippen LogP contribution is 2.29. The van der Waals surface area contributed by atoms with Crippen LogP contribution in [0.5, 0.6) is 11.5 Å². The van der Waals surface area contributed by atoms with Crippen molar-refractivity contribution in [3.05, 3.63) is 23.8 Å². The van der Waals surface area contributed by atoms with E-state index in [1.807, 2.05) is 0 Å². The molecule has 15 heavy (non-hydrogen) atoms. The summed E-state index contributed by atoms with van der Waals surface area (Å²) >= 11 is 0. The van der Waals surface area contributed by atoms with Crippen LogP contribution >= 0.6 is 0 Å². The van der Waals surface area contributed by atoms with Gasteiger partial charge in [-0.2, -0.15) is 8.78 Å². The lowest BCUT2D eigenvalue weighted by molar-refractivity contribution is 0.122.